The zero-order valence-electron chi connectivity index (χ0n) is 18.6. The van der Waals surface area contributed by atoms with Crippen LogP contribution in [0.5, 0.6) is 0 Å². The summed E-state index contributed by atoms with van der Waals surface area (Å²) in [7, 11) is 0. The van der Waals surface area contributed by atoms with Gasteiger partial charge in [0.05, 0.1) is 30.7 Å². The van der Waals surface area contributed by atoms with Crippen molar-refractivity contribution >= 4 is 23.4 Å². The van der Waals surface area contributed by atoms with Crippen molar-refractivity contribution in [3.8, 4) is 6.07 Å². The first-order valence-electron chi connectivity index (χ1n) is 10.9. The minimum absolute atomic E-state index is 0.00295. The van der Waals surface area contributed by atoms with Gasteiger partial charge in [-0.15, -0.1) is 0 Å². The molecule has 1 aliphatic rings. The molecule has 0 radical (unpaired) electrons. The molecule has 1 unspecified atom stereocenters. The molecule has 1 aromatic heterocycles. The van der Waals surface area contributed by atoms with Crippen LogP contribution in [0.3, 0.4) is 0 Å². The van der Waals surface area contributed by atoms with Gasteiger partial charge in [-0.25, -0.2) is 9.78 Å². The Labute approximate surface area is 189 Å². The van der Waals surface area contributed by atoms with E-state index in [1.807, 2.05) is 43.3 Å². The summed E-state index contributed by atoms with van der Waals surface area (Å²) < 4.78 is 5.00. The topological polar surface area (TPSA) is 89.8 Å². The Hall–Kier alpha value is -3.44. The van der Waals surface area contributed by atoms with Gasteiger partial charge in [0.1, 0.15) is 5.82 Å². The molecule has 1 aliphatic heterocycles. The highest BCUT2D eigenvalue weighted by atomic mass is 16.5. The highest BCUT2D eigenvalue weighted by molar-refractivity contribution is 5.97. The first-order valence-corrected chi connectivity index (χ1v) is 10.9. The average molecular weight is 436 g/mol. The molecule has 2 heterocycles. The van der Waals surface area contributed by atoms with Gasteiger partial charge in [-0.2, -0.15) is 5.26 Å². The molecule has 0 N–H and O–H groups in total. The number of carbonyl (C=O) groups excluding carboxylic acids is 2. The van der Waals surface area contributed by atoms with Crippen LogP contribution < -0.4 is 9.80 Å². The maximum Gasteiger partial charge on any atom is 0.339 e. The lowest BCUT2D eigenvalue weighted by atomic mass is 10.1. The van der Waals surface area contributed by atoms with Crippen LogP contribution in [0.25, 0.3) is 0 Å². The fourth-order valence-corrected chi connectivity index (χ4v) is 3.76. The number of carbonyl (C=O) groups is 2. The second kappa shape index (κ2) is 11.3. The predicted molar refractivity (Wildman–Crippen MR) is 122 cm³/mol. The monoisotopic (exact) mass is 435 g/mol. The summed E-state index contributed by atoms with van der Waals surface area (Å²) in [4.78, 5) is 35.5. The van der Waals surface area contributed by atoms with E-state index in [0.29, 0.717) is 18.7 Å². The van der Waals surface area contributed by atoms with Gasteiger partial charge in [0.2, 0.25) is 5.91 Å². The van der Waals surface area contributed by atoms with E-state index in [0.717, 1.165) is 37.7 Å². The molecule has 0 saturated carbocycles. The Kier molecular flexibility index (Phi) is 8.17. The summed E-state index contributed by atoms with van der Waals surface area (Å²) in [6.45, 7) is 7.29. The van der Waals surface area contributed by atoms with Gasteiger partial charge in [-0.05, 0) is 38.1 Å². The number of anilines is 2. The Balaban J connectivity index is 1.60. The maximum absolute atomic E-state index is 13.3. The smallest absolute Gasteiger partial charge is 0.339 e. The van der Waals surface area contributed by atoms with E-state index in [9.17, 15) is 9.59 Å². The van der Waals surface area contributed by atoms with Crippen molar-refractivity contribution in [2.45, 2.75) is 26.3 Å². The van der Waals surface area contributed by atoms with Gasteiger partial charge < -0.3 is 14.5 Å². The van der Waals surface area contributed by atoms with Gasteiger partial charge in [0.15, 0.2) is 0 Å². The van der Waals surface area contributed by atoms with Crippen LogP contribution in [0.1, 0.15) is 30.6 Å². The van der Waals surface area contributed by atoms with Crippen molar-refractivity contribution in [2.24, 2.45) is 0 Å². The molecule has 1 atom stereocenters. The zero-order valence-corrected chi connectivity index (χ0v) is 18.6. The minimum atomic E-state index is -0.372. The molecule has 3 rings (SSSR count). The number of pyridine rings is 1. The number of hydrogen-bond donors (Lipinski definition) is 0. The van der Waals surface area contributed by atoms with Gasteiger partial charge >= 0.3 is 5.97 Å². The lowest BCUT2D eigenvalue weighted by Crippen LogP contribution is -2.55. The third-order valence-corrected chi connectivity index (χ3v) is 5.58. The number of para-hydroxylation sites is 1. The van der Waals surface area contributed by atoms with Crippen molar-refractivity contribution in [2.75, 3.05) is 49.1 Å². The molecular formula is C24H29N5O3. The lowest BCUT2D eigenvalue weighted by molar-refractivity contribution is -0.123. The predicted octanol–water partition coefficient (Wildman–Crippen LogP) is 2.72. The van der Waals surface area contributed by atoms with E-state index in [4.69, 9.17) is 10.00 Å². The van der Waals surface area contributed by atoms with Crippen LogP contribution in [0.2, 0.25) is 0 Å². The Morgan fingerprint density at radius 1 is 1.16 bits per heavy atom. The van der Waals surface area contributed by atoms with Crippen molar-refractivity contribution in [3.63, 3.8) is 0 Å². The summed E-state index contributed by atoms with van der Waals surface area (Å²) in [5.41, 5.74) is 1.25. The number of piperazine rings is 1. The fraction of sp³-hybridized carbons (Fsp3) is 0.417. The number of ether oxygens (including phenoxy) is 1. The molecule has 1 saturated heterocycles. The second-order valence-corrected chi connectivity index (χ2v) is 7.56. The molecule has 1 fully saturated rings. The normalized spacial score (nSPS) is 15.0. The van der Waals surface area contributed by atoms with Gasteiger partial charge in [0, 0.05) is 44.6 Å². The van der Waals surface area contributed by atoms with Crippen molar-refractivity contribution < 1.29 is 14.3 Å². The van der Waals surface area contributed by atoms with Crippen LogP contribution >= 0.6 is 0 Å². The molecule has 2 aromatic rings. The number of nitrogens with zero attached hydrogens (tertiary/aromatic N) is 5. The number of amides is 1. The summed E-state index contributed by atoms with van der Waals surface area (Å²) in [6.07, 6.45) is 1.83. The number of nitriles is 1. The van der Waals surface area contributed by atoms with Crippen LogP contribution in [0.4, 0.5) is 11.5 Å². The molecule has 32 heavy (non-hydrogen) atoms. The van der Waals surface area contributed by atoms with Crippen LogP contribution in [-0.4, -0.2) is 67.1 Å². The molecular weight excluding hydrogens is 406 g/mol. The van der Waals surface area contributed by atoms with Crippen LogP contribution in [0, 0.1) is 11.3 Å². The zero-order chi connectivity index (χ0) is 22.9. The van der Waals surface area contributed by atoms with E-state index in [-0.39, 0.29) is 24.3 Å². The Morgan fingerprint density at radius 3 is 2.47 bits per heavy atom. The number of aromatic nitrogens is 1. The second-order valence-electron chi connectivity index (χ2n) is 7.56. The summed E-state index contributed by atoms with van der Waals surface area (Å²) in [6, 6.07) is 14.9. The molecule has 0 spiro atoms. The van der Waals surface area contributed by atoms with Crippen LogP contribution in [-0.2, 0) is 9.53 Å². The summed E-state index contributed by atoms with van der Waals surface area (Å²) in [5.74, 6) is 0.427. The van der Waals surface area contributed by atoms with E-state index in [1.54, 1.807) is 24.1 Å². The first-order chi connectivity index (χ1) is 15.5. The van der Waals surface area contributed by atoms with Gasteiger partial charge in [0.25, 0.3) is 0 Å². The summed E-state index contributed by atoms with van der Waals surface area (Å²) in [5, 5.41) is 9.01. The van der Waals surface area contributed by atoms with E-state index >= 15 is 0 Å². The third-order valence-electron chi connectivity index (χ3n) is 5.58. The highest BCUT2D eigenvalue weighted by Crippen LogP contribution is 2.19. The molecule has 0 bridgehead atoms. The molecule has 1 amide bonds. The molecule has 8 nitrogen and oxygen atoms in total. The van der Waals surface area contributed by atoms with E-state index in [2.05, 4.69) is 20.9 Å². The quantitative estimate of drug-likeness (QED) is 0.589. The highest BCUT2D eigenvalue weighted by Gasteiger charge is 2.29. The third kappa shape index (κ3) is 5.62. The summed E-state index contributed by atoms with van der Waals surface area (Å²) >= 11 is 0. The molecule has 168 valence electrons. The Morgan fingerprint density at radius 2 is 1.88 bits per heavy atom. The number of esters is 1. The van der Waals surface area contributed by atoms with E-state index < -0.39 is 0 Å². The number of benzene rings is 1. The largest absolute Gasteiger partial charge is 0.462 e. The van der Waals surface area contributed by atoms with Crippen molar-refractivity contribution in [3.05, 3.63) is 54.2 Å². The molecule has 0 aliphatic carbocycles. The average Bonchev–Trinajstić information content (AvgIpc) is 2.84. The Bertz CT molecular complexity index is 934. The first kappa shape index (κ1) is 23.2. The standard InChI is InChI=1S/C24H29N5O3/c1-3-32-24(31)20-10-11-22(26-18-20)28-16-14-27(15-17-28)19(2)23(30)29(13-7-12-25)21-8-5-4-6-9-21/h4-6,8-11,18-19H,3,7,13-17H2,1-2H3. The van der Waals surface area contributed by atoms with E-state index in [1.165, 1.54) is 0 Å². The van der Waals surface area contributed by atoms with Crippen molar-refractivity contribution in [1.82, 2.24) is 9.88 Å². The molecule has 1 aromatic carbocycles. The maximum atomic E-state index is 13.3. The lowest BCUT2D eigenvalue weighted by Gasteiger charge is -2.39. The number of hydrogen-bond acceptors (Lipinski definition) is 7. The number of rotatable bonds is 8. The molecule has 8 heteroatoms. The van der Waals surface area contributed by atoms with Crippen LogP contribution in [0.15, 0.2) is 48.7 Å². The fourth-order valence-electron chi connectivity index (χ4n) is 3.76. The minimum Gasteiger partial charge on any atom is -0.462 e. The SMILES string of the molecule is CCOC(=O)c1ccc(N2CCN(C(C)C(=O)N(CCC#N)c3ccccc3)CC2)nc1. The van der Waals surface area contributed by atoms with Gasteiger partial charge in [-0.1, -0.05) is 18.2 Å². The van der Waals surface area contributed by atoms with Gasteiger partial charge in [-0.3, -0.25) is 9.69 Å². The van der Waals surface area contributed by atoms with Crippen molar-refractivity contribution in [1.29, 1.82) is 5.26 Å².